The zero-order valence-corrected chi connectivity index (χ0v) is 73.3. The van der Waals surface area contributed by atoms with Gasteiger partial charge in [0.1, 0.15) is 95.5 Å². The van der Waals surface area contributed by atoms with Gasteiger partial charge in [0.2, 0.25) is 94.5 Å². The van der Waals surface area contributed by atoms with Crippen molar-refractivity contribution in [1.29, 1.82) is 5.41 Å². The summed E-state index contributed by atoms with van der Waals surface area (Å²) in [6.45, 7) is 8.79. The number of rotatable bonds is 26. The van der Waals surface area contributed by atoms with Gasteiger partial charge >= 0.3 is 5.97 Å². The smallest absolute Gasteiger partial charge is 0.303 e. The second-order valence-electron chi connectivity index (χ2n) is 31.9. The number of aliphatic carboxylic acids is 1. The van der Waals surface area contributed by atoms with Crippen molar-refractivity contribution in [3.8, 4) is 23.0 Å². The molecule has 13 atom stereocenters. The van der Waals surface area contributed by atoms with Crippen molar-refractivity contribution in [1.82, 2.24) is 95.0 Å². The van der Waals surface area contributed by atoms with Gasteiger partial charge in [-0.2, -0.15) is 0 Å². The lowest BCUT2D eigenvalue weighted by Crippen LogP contribution is -2.62. The first-order chi connectivity index (χ1) is 61.1. The molecule has 16 amide bonds. The molecule has 1 aromatic heterocycles. The third kappa shape index (κ3) is 37.2. The topological polar surface area (TPSA) is 688 Å². The van der Waals surface area contributed by atoms with Crippen LogP contribution in [-0.2, 0) is 114 Å². The number of primary amides is 1. The van der Waals surface area contributed by atoms with Crippen LogP contribution in [0.5, 0.6) is 23.0 Å². The summed E-state index contributed by atoms with van der Waals surface area (Å²) in [5.74, 6) is -21.0. The second kappa shape index (κ2) is 52.1. The largest absolute Gasteiger partial charge is 0.508 e. The molecular weight excluding hydrogens is 1700 g/mol. The van der Waals surface area contributed by atoms with E-state index in [-0.39, 0.29) is 111 Å². The minimum Gasteiger partial charge on any atom is -0.508 e. The summed E-state index contributed by atoms with van der Waals surface area (Å²) < 4.78 is 0. The highest BCUT2D eigenvalue weighted by Gasteiger charge is 2.39. The molecule has 0 aliphatic carbocycles. The zero-order valence-electron chi connectivity index (χ0n) is 72.5. The van der Waals surface area contributed by atoms with Gasteiger partial charge < -0.3 is 127 Å². The van der Waals surface area contributed by atoms with Gasteiger partial charge in [-0.3, -0.25) is 86.9 Å². The number of thioether (sulfide) groups is 1. The second-order valence-corrected chi connectivity index (χ2v) is 33.0. The number of H-pyrrole nitrogens is 1. The fourth-order valence-electron chi connectivity index (χ4n) is 13.2. The third-order valence-electron chi connectivity index (χ3n) is 20.3. The van der Waals surface area contributed by atoms with Gasteiger partial charge in [-0.25, -0.2) is 4.98 Å². The highest BCUT2D eigenvalue weighted by Crippen LogP contribution is 2.20. The van der Waals surface area contributed by atoms with Gasteiger partial charge in [0, 0.05) is 57.0 Å². The Labute approximate surface area is 747 Å². The van der Waals surface area contributed by atoms with Crippen LogP contribution in [0, 0.1) is 23.2 Å². The van der Waals surface area contributed by atoms with E-state index < -0.39 is 229 Å². The summed E-state index contributed by atoms with van der Waals surface area (Å²) in [5, 5.41) is 99.4. The van der Waals surface area contributed by atoms with Crippen LogP contribution in [0.2, 0.25) is 0 Å². The number of hydrogen-bond donors (Lipinski definition) is 25. The van der Waals surface area contributed by atoms with Gasteiger partial charge in [-0.05, 0) is 128 Å². The number of amides is 16. The van der Waals surface area contributed by atoms with Gasteiger partial charge in [-0.15, -0.1) is 11.8 Å². The summed E-state index contributed by atoms with van der Waals surface area (Å²) in [6, 6.07) is 2.88. The van der Waals surface area contributed by atoms with Gasteiger partial charge in [-0.1, -0.05) is 96.5 Å². The number of imidazole rings is 1. The van der Waals surface area contributed by atoms with Crippen LogP contribution in [0.15, 0.2) is 110 Å². The zero-order chi connectivity index (χ0) is 95.1. The number of carboxylic acids is 1. The fourth-order valence-corrected chi connectivity index (χ4v) is 14.0. The van der Waals surface area contributed by atoms with Crippen LogP contribution in [0.25, 0.3) is 0 Å². The van der Waals surface area contributed by atoms with Gasteiger partial charge in [0.25, 0.3) is 0 Å². The van der Waals surface area contributed by atoms with E-state index in [1.54, 1.807) is 41.5 Å². The molecule has 1 fully saturated rings. The molecule has 0 spiro atoms. The maximum absolute atomic E-state index is 15.3. The molecule has 27 N–H and O–H groups in total. The van der Waals surface area contributed by atoms with E-state index >= 15 is 24.0 Å². The van der Waals surface area contributed by atoms with E-state index in [4.69, 9.17) is 16.9 Å². The van der Waals surface area contributed by atoms with Crippen LogP contribution in [0.3, 0.4) is 0 Å². The molecule has 5 aromatic rings. The van der Waals surface area contributed by atoms with Gasteiger partial charge in [0.15, 0.2) is 5.96 Å². The number of aromatic amines is 1. The Morgan fingerprint density at radius 3 is 1.29 bits per heavy atom. The minimum atomic E-state index is -1.72. The Kier molecular flexibility index (Phi) is 41.9. The number of phenolic OH excluding ortho intramolecular Hbond substituents is 4. The standard InChI is InChI=1S/C85H117N21O22S/c1-8-46(6)72-84(128)105-60(31-45(4)5)80(124)102-61(32-48-11-19-53(107)20-12-48)75(119)93-39-68(112)96-58(27-28-71(115)116)77(121)101-59(30-44(2)3)74(118)92-40-69(113)98-66(76(120)91-38-67(86)111)41-129-42-70(114)97-62(33-49-13-21-54(108)22-14-49)79(123)95-47(7)73(117)100-65(36-52-37-89-43-94-52)83(127)104-64(35-51-17-25-56(110)26-18-51)82(126)103-63(34-50-15-23-55(109)24-16-50)81(125)99-57(78(122)106-72)10-9-29-90-85(87)88/h11-26,37,43-47,57-66,72,107-110H,8-10,27-36,38-42H2,1-7H3,(H2,86,111)(H,89,94)(H,91,120)(H,92,118)(H,93,119)(H,95,123)(H,96,112)(H,97,114)(H,98,113)(H,99,125)(H,100,117)(H,101,121)(H,102,124)(H,103,126)(H,104,127)(H,105,128)(H,106,122)(H,115,116)(H4,87,88,90)/t46-,47-,57-,58-,59-,60-,61-,62-,63-,64-,65-,66-,72-/m0/s1. The van der Waals surface area contributed by atoms with Gasteiger partial charge in [0.05, 0.1) is 37.4 Å². The van der Waals surface area contributed by atoms with Crippen molar-refractivity contribution in [3.05, 3.63) is 138 Å². The molecule has 1 saturated heterocycles. The van der Waals surface area contributed by atoms with Crippen molar-refractivity contribution < 1.29 is 107 Å². The average molecular weight is 1820 g/mol. The molecule has 1 aliphatic heterocycles. The quantitative estimate of drug-likeness (QED) is 0.0145. The number of aromatic hydroxyl groups is 4. The van der Waals surface area contributed by atoms with E-state index in [0.717, 1.165) is 11.8 Å². The first-order valence-electron chi connectivity index (χ1n) is 41.8. The number of benzene rings is 4. The molecule has 4 aromatic carbocycles. The highest BCUT2D eigenvalue weighted by molar-refractivity contribution is 8.00. The summed E-state index contributed by atoms with van der Waals surface area (Å²) in [5.41, 5.74) is 12.5. The van der Waals surface area contributed by atoms with Crippen LogP contribution in [0.4, 0.5) is 0 Å². The predicted octanol–water partition coefficient (Wildman–Crippen LogP) is -3.57. The van der Waals surface area contributed by atoms with E-state index in [1.807, 2.05) is 0 Å². The number of carbonyl (C=O) groups excluding carboxylic acids is 16. The number of aromatic nitrogens is 2. The predicted molar refractivity (Wildman–Crippen MR) is 468 cm³/mol. The number of nitrogens with zero attached hydrogens (tertiary/aromatic N) is 1. The first kappa shape index (κ1) is 104. The number of carboxylic acid groups (broad SMARTS) is 1. The summed E-state index contributed by atoms with van der Waals surface area (Å²) in [7, 11) is 0. The van der Waals surface area contributed by atoms with E-state index in [9.17, 15) is 83.1 Å². The summed E-state index contributed by atoms with van der Waals surface area (Å²) >= 11 is 0.736. The molecule has 43 nitrogen and oxygen atoms in total. The molecule has 0 saturated carbocycles. The highest BCUT2D eigenvalue weighted by atomic mass is 32.2. The molecular formula is C85H117N21O22S. The maximum atomic E-state index is 15.3. The third-order valence-corrected chi connectivity index (χ3v) is 21.3. The summed E-state index contributed by atoms with van der Waals surface area (Å²) in [4.78, 5) is 249. The summed E-state index contributed by atoms with van der Waals surface area (Å²) in [6.07, 6.45) is -0.588. The van der Waals surface area contributed by atoms with E-state index in [0.29, 0.717) is 22.3 Å². The molecule has 700 valence electrons. The number of nitrogens with two attached hydrogens (primary N) is 2. The van der Waals surface area contributed by atoms with Crippen molar-refractivity contribution in [3.63, 3.8) is 0 Å². The lowest BCUT2D eigenvalue weighted by Gasteiger charge is -2.30. The van der Waals surface area contributed by atoms with E-state index in [2.05, 4.69) is 95.0 Å². The normalized spacial score (nSPS) is 22.5. The number of phenols is 4. The lowest BCUT2D eigenvalue weighted by molar-refractivity contribution is -0.138. The lowest BCUT2D eigenvalue weighted by atomic mass is 9.95. The number of carbonyl (C=O) groups is 17. The number of guanidine groups is 1. The molecule has 44 heteroatoms. The molecule has 6 rings (SSSR count). The molecule has 0 radical (unpaired) electrons. The Morgan fingerprint density at radius 2 is 0.845 bits per heavy atom. The Balaban J connectivity index is 1.44. The van der Waals surface area contributed by atoms with Crippen molar-refractivity contribution in [2.75, 3.05) is 37.7 Å². The molecule has 0 bridgehead atoms. The SMILES string of the molecule is CC[C@H](C)[C@@H]1NC(=O)[C@H](CCCNC(=N)N)NC(=O)[C@H](Cc2ccc(O)cc2)NC(=O)[C@H](Cc2ccc(O)cc2)NC(=O)[C@H](Cc2c[nH]cn2)NC(=O)[C@H](C)NC(=O)[C@H](Cc2ccc(O)cc2)NC(=O)CSC[C@@H](C(=O)NCC(N)=O)NC(=O)CNC(=O)[C@H](CC(C)C)NC(=O)[C@H](CCC(=O)O)NC(=O)CNC(=O)[C@H](Cc2ccc(O)cc2)NC(=O)[C@H](CC(C)C)NC1=O. The Hall–Kier alpha value is -14.1. The Bertz CT molecular complexity index is 4700. The molecule has 0 unspecified atom stereocenters. The van der Waals surface area contributed by atoms with Crippen LogP contribution in [0.1, 0.15) is 121 Å². The average Bonchev–Trinajstić information content (AvgIpc) is 1.58. The van der Waals surface area contributed by atoms with E-state index in [1.165, 1.54) is 117 Å². The van der Waals surface area contributed by atoms with Crippen LogP contribution >= 0.6 is 11.8 Å². The maximum Gasteiger partial charge on any atom is 0.303 e. The Morgan fingerprint density at radius 1 is 0.465 bits per heavy atom. The fraction of sp³-hybridized carbons (Fsp3) is 0.471. The number of hydrogen-bond acceptors (Lipinski definition) is 24. The molecule has 2 heterocycles. The minimum absolute atomic E-state index is 0.0113. The monoisotopic (exact) mass is 1820 g/mol. The first-order valence-corrected chi connectivity index (χ1v) is 43.0. The molecule has 129 heavy (non-hydrogen) atoms. The van der Waals surface area contributed by atoms with Crippen LogP contribution in [-0.4, -0.2) is 252 Å². The van der Waals surface area contributed by atoms with Crippen molar-refractivity contribution in [2.24, 2.45) is 29.2 Å². The number of nitrogens with one attached hydrogen (secondary N) is 18. The van der Waals surface area contributed by atoms with Crippen molar-refractivity contribution >= 4 is 118 Å². The van der Waals surface area contributed by atoms with Crippen molar-refractivity contribution in [2.45, 2.75) is 198 Å². The molecule has 1 aliphatic rings. The van der Waals surface area contributed by atoms with Crippen LogP contribution < -0.4 is 96.5 Å².